The van der Waals surface area contributed by atoms with Gasteiger partial charge in [-0.15, -0.1) is 11.3 Å². The zero-order chi connectivity index (χ0) is 14.1. The maximum absolute atomic E-state index is 6.82. The monoisotopic (exact) mass is 353 g/mol. The fourth-order valence-electron chi connectivity index (χ4n) is 6.10. The van der Waals surface area contributed by atoms with Gasteiger partial charge in [-0.1, -0.05) is 6.92 Å². The summed E-state index contributed by atoms with van der Waals surface area (Å²) in [6, 6.07) is 2.54. The highest BCUT2D eigenvalue weighted by Crippen LogP contribution is 2.68. The van der Waals surface area contributed by atoms with Gasteiger partial charge in [0.1, 0.15) is 0 Å². The molecule has 4 aliphatic rings. The van der Waals surface area contributed by atoms with Crippen LogP contribution in [0.4, 0.5) is 0 Å². The fourth-order valence-corrected chi connectivity index (χ4v) is 7.80. The second-order valence-corrected chi connectivity index (χ2v) is 10.3. The third-order valence-corrected chi connectivity index (χ3v) is 8.46. The van der Waals surface area contributed by atoms with E-state index in [0.29, 0.717) is 10.8 Å². The minimum Gasteiger partial charge on any atom is -0.323 e. The average molecular weight is 354 g/mol. The summed E-state index contributed by atoms with van der Waals surface area (Å²) in [5.41, 5.74) is 7.81. The summed E-state index contributed by atoms with van der Waals surface area (Å²) in [4.78, 5) is 2.77. The number of aryl methyl sites for hydroxylation is 1. The van der Waals surface area contributed by atoms with Crippen molar-refractivity contribution in [2.45, 2.75) is 58.4 Å². The summed E-state index contributed by atoms with van der Waals surface area (Å²) in [6.45, 7) is 4.72. The molecule has 20 heavy (non-hydrogen) atoms. The number of rotatable bonds is 2. The van der Waals surface area contributed by atoms with Crippen molar-refractivity contribution in [3.8, 4) is 0 Å². The highest BCUT2D eigenvalue weighted by atomic mass is 79.9. The zero-order valence-electron chi connectivity index (χ0n) is 12.4. The van der Waals surface area contributed by atoms with Crippen LogP contribution < -0.4 is 5.73 Å². The predicted molar refractivity (Wildman–Crippen MR) is 88.9 cm³/mol. The Morgan fingerprint density at radius 2 is 1.95 bits per heavy atom. The minimum absolute atomic E-state index is 0.253. The first-order valence-electron chi connectivity index (χ1n) is 7.91. The van der Waals surface area contributed by atoms with E-state index in [2.05, 4.69) is 35.8 Å². The van der Waals surface area contributed by atoms with Gasteiger partial charge in [0.25, 0.3) is 0 Å². The molecule has 0 aliphatic heterocycles. The summed E-state index contributed by atoms with van der Waals surface area (Å²) in [6.07, 6.45) is 8.54. The van der Waals surface area contributed by atoms with Crippen molar-refractivity contribution in [1.82, 2.24) is 0 Å². The Kier molecular flexibility index (Phi) is 2.98. The standard InChI is InChI=1S/C17H24BrNS/c1-10-13(18)4-14(20-10)15(19)17-7-11-3-12(8-17)6-16(2,5-11)9-17/h4,11-12,15H,3,5-9,19H2,1-2H3. The number of halogens is 1. The van der Waals surface area contributed by atoms with Crippen molar-refractivity contribution >= 4 is 27.3 Å². The molecule has 2 N–H and O–H groups in total. The maximum atomic E-state index is 6.82. The quantitative estimate of drug-likeness (QED) is 0.753. The lowest BCUT2D eigenvalue weighted by Gasteiger charge is -2.63. The Hall–Kier alpha value is 0.140. The van der Waals surface area contributed by atoms with Crippen molar-refractivity contribution in [1.29, 1.82) is 0 Å². The molecule has 5 rings (SSSR count). The maximum Gasteiger partial charge on any atom is 0.0447 e. The van der Waals surface area contributed by atoms with Gasteiger partial charge in [0, 0.05) is 20.3 Å². The van der Waals surface area contributed by atoms with Crippen LogP contribution in [0.25, 0.3) is 0 Å². The number of thiophene rings is 1. The Bertz CT molecular complexity index is 516. The molecule has 3 heteroatoms. The van der Waals surface area contributed by atoms with Crippen LogP contribution in [-0.2, 0) is 0 Å². The smallest absolute Gasteiger partial charge is 0.0447 e. The number of hydrogen-bond donors (Lipinski definition) is 1. The summed E-state index contributed by atoms with van der Waals surface area (Å²) in [5, 5.41) is 0. The van der Waals surface area contributed by atoms with Gasteiger partial charge in [0.15, 0.2) is 0 Å². The summed E-state index contributed by atoms with van der Waals surface area (Å²) in [7, 11) is 0. The van der Waals surface area contributed by atoms with E-state index in [0.717, 1.165) is 11.8 Å². The molecule has 0 radical (unpaired) electrons. The molecule has 4 bridgehead atoms. The average Bonchev–Trinajstić information content (AvgIpc) is 2.65. The Morgan fingerprint density at radius 1 is 1.30 bits per heavy atom. The highest BCUT2D eigenvalue weighted by Gasteiger charge is 2.58. The van der Waals surface area contributed by atoms with Gasteiger partial charge in [-0.2, -0.15) is 0 Å². The molecule has 1 aromatic heterocycles. The summed E-state index contributed by atoms with van der Waals surface area (Å²) in [5.74, 6) is 1.91. The van der Waals surface area contributed by atoms with E-state index in [9.17, 15) is 0 Å². The SMILES string of the molecule is Cc1sc(C(N)C23CC4CC(CC(C)(C4)C2)C3)cc1Br. The fraction of sp³-hybridized carbons (Fsp3) is 0.765. The van der Waals surface area contributed by atoms with E-state index < -0.39 is 0 Å². The van der Waals surface area contributed by atoms with E-state index in [4.69, 9.17) is 5.73 Å². The van der Waals surface area contributed by atoms with Crippen molar-refractivity contribution in [3.63, 3.8) is 0 Å². The zero-order valence-corrected chi connectivity index (χ0v) is 14.8. The molecule has 0 spiro atoms. The van der Waals surface area contributed by atoms with Crippen LogP contribution in [-0.4, -0.2) is 0 Å². The van der Waals surface area contributed by atoms with Crippen molar-refractivity contribution in [3.05, 3.63) is 20.3 Å². The first-order valence-corrected chi connectivity index (χ1v) is 9.52. The van der Waals surface area contributed by atoms with Crippen LogP contribution in [0.1, 0.15) is 61.2 Å². The van der Waals surface area contributed by atoms with Crippen LogP contribution in [0.5, 0.6) is 0 Å². The molecule has 3 unspecified atom stereocenters. The lowest BCUT2D eigenvalue weighted by molar-refractivity contribution is -0.113. The van der Waals surface area contributed by atoms with Crippen molar-refractivity contribution in [2.24, 2.45) is 28.4 Å². The predicted octanol–water partition coefficient (Wildman–Crippen LogP) is 5.43. The van der Waals surface area contributed by atoms with Gasteiger partial charge in [-0.05, 0) is 90.1 Å². The van der Waals surface area contributed by atoms with Gasteiger partial charge < -0.3 is 5.73 Å². The van der Waals surface area contributed by atoms with E-state index in [1.807, 2.05) is 11.3 Å². The van der Waals surface area contributed by atoms with Crippen LogP contribution in [0.2, 0.25) is 0 Å². The molecule has 4 aliphatic carbocycles. The van der Waals surface area contributed by atoms with Crippen LogP contribution >= 0.6 is 27.3 Å². The van der Waals surface area contributed by atoms with Crippen LogP contribution in [0, 0.1) is 29.6 Å². The van der Waals surface area contributed by atoms with Gasteiger partial charge in [-0.3, -0.25) is 0 Å². The summed E-state index contributed by atoms with van der Waals surface area (Å²) < 4.78 is 1.24. The van der Waals surface area contributed by atoms with E-state index in [1.54, 1.807) is 0 Å². The molecule has 0 saturated heterocycles. The molecule has 0 aromatic carbocycles. The molecule has 0 amide bonds. The van der Waals surface area contributed by atoms with Crippen molar-refractivity contribution in [2.75, 3.05) is 0 Å². The number of nitrogens with two attached hydrogens (primary N) is 1. The molecule has 1 aromatic rings. The number of hydrogen-bond acceptors (Lipinski definition) is 2. The third kappa shape index (κ3) is 1.96. The van der Waals surface area contributed by atoms with Gasteiger partial charge >= 0.3 is 0 Å². The molecular weight excluding hydrogens is 330 g/mol. The Balaban J connectivity index is 1.70. The van der Waals surface area contributed by atoms with E-state index in [-0.39, 0.29) is 6.04 Å². The minimum atomic E-state index is 0.253. The Morgan fingerprint density at radius 3 is 2.45 bits per heavy atom. The molecule has 4 fully saturated rings. The second-order valence-electron chi connectivity index (χ2n) is 8.16. The van der Waals surface area contributed by atoms with Crippen LogP contribution in [0.3, 0.4) is 0 Å². The highest BCUT2D eigenvalue weighted by molar-refractivity contribution is 9.10. The molecule has 4 saturated carbocycles. The molecule has 1 heterocycles. The van der Waals surface area contributed by atoms with Crippen LogP contribution in [0.15, 0.2) is 10.5 Å². The lowest BCUT2D eigenvalue weighted by Crippen LogP contribution is -2.54. The van der Waals surface area contributed by atoms with Crippen molar-refractivity contribution < 1.29 is 0 Å². The normalized spacial score (nSPS) is 44.0. The first-order chi connectivity index (χ1) is 9.39. The molecule has 1 nitrogen and oxygen atoms in total. The molecular formula is C17H24BrNS. The molecule has 3 atom stereocenters. The van der Waals surface area contributed by atoms with Gasteiger partial charge in [-0.25, -0.2) is 0 Å². The first kappa shape index (κ1) is 13.8. The van der Waals surface area contributed by atoms with E-state index >= 15 is 0 Å². The van der Waals surface area contributed by atoms with E-state index in [1.165, 1.54) is 52.8 Å². The lowest BCUT2D eigenvalue weighted by atomic mass is 9.43. The second kappa shape index (κ2) is 4.33. The Labute approximate surface area is 134 Å². The third-order valence-electron chi connectivity index (χ3n) is 6.24. The topological polar surface area (TPSA) is 26.0 Å². The van der Waals surface area contributed by atoms with Gasteiger partial charge in [0.05, 0.1) is 0 Å². The molecule has 110 valence electrons. The largest absolute Gasteiger partial charge is 0.323 e. The van der Waals surface area contributed by atoms with Gasteiger partial charge in [0.2, 0.25) is 0 Å². The summed E-state index contributed by atoms with van der Waals surface area (Å²) >= 11 is 5.56.